The van der Waals surface area contributed by atoms with Crippen LogP contribution in [0, 0.1) is 13.8 Å². The molecule has 0 unspecified atom stereocenters. The number of carbonyl (C=O) groups excluding carboxylic acids is 1. The van der Waals surface area contributed by atoms with E-state index in [1.807, 2.05) is 50.3 Å². The van der Waals surface area contributed by atoms with Gasteiger partial charge in [-0.1, -0.05) is 44.9 Å². The molecule has 0 atom stereocenters. The Hall–Kier alpha value is -2.55. The second kappa shape index (κ2) is 10.7. The number of phenols is 1. The van der Waals surface area contributed by atoms with Gasteiger partial charge in [-0.05, 0) is 61.6 Å². The lowest BCUT2D eigenvalue weighted by molar-refractivity contribution is 0.112. The highest BCUT2D eigenvalue weighted by molar-refractivity contribution is 5.81. The summed E-state index contributed by atoms with van der Waals surface area (Å²) in [6.45, 7) is 10.4. The molecular weight excluding hydrogens is 346 g/mol. The van der Waals surface area contributed by atoms with Crippen molar-refractivity contribution >= 4 is 24.1 Å². The fourth-order valence-electron chi connectivity index (χ4n) is 3.28. The van der Waals surface area contributed by atoms with Crippen molar-refractivity contribution in [3.63, 3.8) is 0 Å². The Bertz CT molecular complexity index is 816. The number of unbranched alkanes of at least 4 members (excludes halogenated alkanes) is 2. The third-order valence-electron chi connectivity index (χ3n) is 5.17. The summed E-state index contributed by atoms with van der Waals surface area (Å²) >= 11 is 0. The molecule has 0 spiro atoms. The molecule has 0 fully saturated rings. The molecule has 3 nitrogen and oxygen atoms in total. The number of aromatic hydroxyl groups is 1. The Balaban J connectivity index is 2.22. The van der Waals surface area contributed by atoms with E-state index in [1.54, 1.807) is 0 Å². The maximum Gasteiger partial charge on any atom is 0.150 e. The average molecular weight is 380 g/mol. The number of phenolic OH excluding ortho intramolecular Hbond substituents is 1. The highest BCUT2D eigenvalue weighted by Crippen LogP contribution is 2.27. The second-order valence-corrected chi connectivity index (χ2v) is 7.45. The molecule has 2 aromatic carbocycles. The first-order chi connectivity index (χ1) is 13.5. The van der Waals surface area contributed by atoms with Crippen molar-refractivity contribution in [2.75, 3.05) is 18.0 Å². The first kappa shape index (κ1) is 21.7. The van der Waals surface area contributed by atoms with Crippen molar-refractivity contribution in [2.24, 2.45) is 0 Å². The summed E-state index contributed by atoms with van der Waals surface area (Å²) in [6.07, 6.45) is 9.46. The molecule has 0 aliphatic heterocycles. The maximum atomic E-state index is 11.1. The molecule has 3 heteroatoms. The molecule has 1 N–H and O–H groups in total. The summed E-state index contributed by atoms with van der Waals surface area (Å²) in [5, 5.41) is 10.6. The molecule has 150 valence electrons. The minimum Gasteiger partial charge on any atom is -0.507 e. The van der Waals surface area contributed by atoms with Gasteiger partial charge in [0.25, 0.3) is 0 Å². The minimum absolute atomic E-state index is 0.297. The normalized spacial score (nSPS) is 11.1. The topological polar surface area (TPSA) is 40.5 Å². The minimum atomic E-state index is 0.297. The van der Waals surface area contributed by atoms with Crippen molar-refractivity contribution in [1.82, 2.24) is 0 Å². The zero-order chi connectivity index (χ0) is 20.5. The molecule has 0 amide bonds. The van der Waals surface area contributed by atoms with Crippen LogP contribution in [0.15, 0.2) is 30.3 Å². The summed E-state index contributed by atoms with van der Waals surface area (Å²) in [6, 6.07) is 9.87. The fraction of sp³-hybridized carbons (Fsp3) is 0.400. The van der Waals surface area contributed by atoms with Gasteiger partial charge in [-0.25, -0.2) is 0 Å². The summed E-state index contributed by atoms with van der Waals surface area (Å²) in [7, 11) is 0. The molecule has 2 rings (SSSR count). The van der Waals surface area contributed by atoms with E-state index in [4.69, 9.17) is 0 Å². The van der Waals surface area contributed by atoms with E-state index in [1.165, 1.54) is 0 Å². The Morgan fingerprint density at radius 3 is 2.00 bits per heavy atom. The average Bonchev–Trinajstić information content (AvgIpc) is 2.69. The molecule has 0 saturated carbocycles. The second-order valence-electron chi connectivity index (χ2n) is 7.45. The SMILES string of the molecule is CCCCN(CCCC)c1ccc(/C=C/c2cc(C)c(C=O)cc2C)c(O)c1. The number of carbonyl (C=O) groups is 1. The Morgan fingerprint density at radius 1 is 0.857 bits per heavy atom. The lowest BCUT2D eigenvalue weighted by atomic mass is 9.99. The smallest absolute Gasteiger partial charge is 0.150 e. The monoisotopic (exact) mass is 379 g/mol. The Morgan fingerprint density at radius 2 is 1.43 bits per heavy atom. The third kappa shape index (κ3) is 5.72. The summed E-state index contributed by atoms with van der Waals surface area (Å²) in [4.78, 5) is 13.4. The highest BCUT2D eigenvalue weighted by atomic mass is 16.3. The van der Waals surface area contributed by atoms with Crippen LogP contribution >= 0.6 is 0 Å². The van der Waals surface area contributed by atoms with Crippen molar-refractivity contribution in [1.29, 1.82) is 0 Å². The molecule has 0 radical (unpaired) electrons. The van der Waals surface area contributed by atoms with E-state index in [0.717, 1.165) is 78.6 Å². The molecular formula is C25H33NO2. The lowest BCUT2D eigenvalue weighted by Crippen LogP contribution is -2.25. The van der Waals surface area contributed by atoms with Crippen LogP contribution in [0.5, 0.6) is 5.75 Å². The maximum absolute atomic E-state index is 11.1. The molecule has 2 aromatic rings. The number of nitrogens with zero attached hydrogens (tertiary/aromatic N) is 1. The zero-order valence-electron chi connectivity index (χ0n) is 17.7. The van der Waals surface area contributed by atoms with E-state index < -0.39 is 0 Å². The molecule has 0 heterocycles. The van der Waals surface area contributed by atoms with Crippen LogP contribution < -0.4 is 4.90 Å². The molecule has 0 aliphatic rings. The number of aryl methyl sites for hydroxylation is 2. The van der Waals surface area contributed by atoms with Gasteiger partial charge < -0.3 is 10.0 Å². The van der Waals surface area contributed by atoms with Gasteiger partial charge in [-0.15, -0.1) is 0 Å². The molecule has 28 heavy (non-hydrogen) atoms. The van der Waals surface area contributed by atoms with E-state index in [-0.39, 0.29) is 0 Å². The first-order valence-corrected chi connectivity index (χ1v) is 10.3. The van der Waals surface area contributed by atoms with Gasteiger partial charge >= 0.3 is 0 Å². The number of benzene rings is 2. The Kier molecular flexibility index (Phi) is 8.31. The predicted octanol–water partition coefficient (Wildman–Crippen LogP) is 6.40. The van der Waals surface area contributed by atoms with Gasteiger partial charge in [0.1, 0.15) is 12.0 Å². The zero-order valence-corrected chi connectivity index (χ0v) is 17.7. The highest BCUT2D eigenvalue weighted by Gasteiger charge is 2.08. The van der Waals surface area contributed by atoms with E-state index in [9.17, 15) is 9.90 Å². The number of aldehydes is 1. The number of hydrogen-bond acceptors (Lipinski definition) is 3. The van der Waals surface area contributed by atoms with Crippen LogP contribution in [0.3, 0.4) is 0 Å². The van der Waals surface area contributed by atoms with Crippen LogP contribution in [0.1, 0.15) is 72.1 Å². The van der Waals surface area contributed by atoms with Crippen molar-refractivity contribution < 1.29 is 9.90 Å². The van der Waals surface area contributed by atoms with Crippen molar-refractivity contribution in [3.8, 4) is 5.75 Å². The lowest BCUT2D eigenvalue weighted by Gasteiger charge is -2.25. The first-order valence-electron chi connectivity index (χ1n) is 10.3. The molecule has 0 saturated heterocycles. The largest absolute Gasteiger partial charge is 0.507 e. The summed E-state index contributed by atoms with van der Waals surface area (Å²) in [5.41, 5.74) is 5.66. The summed E-state index contributed by atoms with van der Waals surface area (Å²) < 4.78 is 0. The van der Waals surface area contributed by atoms with E-state index >= 15 is 0 Å². The van der Waals surface area contributed by atoms with Gasteiger partial charge in [-0.2, -0.15) is 0 Å². The van der Waals surface area contributed by atoms with E-state index in [0.29, 0.717) is 5.75 Å². The number of anilines is 1. The molecule has 0 aliphatic carbocycles. The summed E-state index contributed by atoms with van der Waals surface area (Å²) in [5.74, 6) is 0.297. The van der Waals surface area contributed by atoms with Crippen molar-refractivity contribution in [3.05, 3.63) is 58.1 Å². The van der Waals surface area contributed by atoms with Crippen LogP contribution in [0.2, 0.25) is 0 Å². The van der Waals surface area contributed by atoms with Crippen LogP contribution in [0.4, 0.5) is 5.69 Å². The van der Waals surface area contributed by atoms with Crippen molar-refractivity contribution in [2.45, 2.75) is 53.4 Å². The number of hydrogen-bond donors (Lipinski definition) is 1. The molecule has 0 aromatic heterocycles. The van der Waals surface area contributed by atoms with Gasteiger partial charge in [0.15, 0.2) is 0 Å². The number of rotatable bonds is 10. The van der Waals surface area contributed by atoms with Gasteiger partial charge in [0.2, 0.25) is 0 Å². The standard InChI is InChI=1S/C25H33NO2/c1-5-7-13-26(14-8-6-2)24-12-11-21(25(28)17-24)9-10-22-15-20(4)23(18-27)16-19(22)3/h9-12,15-18,28H,5-8,13-14H2,1-4H3/b10-9+. The van der Waals surface area contributed by atoms with Gasteiger partial charge in [-0.3, -0.25) is 4.79 Å². The molecule has 0 bridgehead atoms. The fourth-order valence-corrected chi connectivity index (χ4v) is 3.28. The van der Waals surface area contributed by atoms with Crippen LogP contribution in [0.25, 0.3) is 12.2 Å². The van der Waals surface area contributed by atoms with Crippen LogP contribution in [-0.2, 0) is 0 Å². The van der Waals surface area contributed by atoms with E-state index in [2.05, 4.69) is 24.8 Å². The van der Waals surface area contributed by atoms with Gasteiger partial charge in [0.05, 0.1) is 0 Å². The van der Waals surface area contributed by atoms with Gasteiger partial charge in [0, 0.05) is 36.0 Å². The van der Waals surface area contributed by atoms with Crippen LogP contribution in [-0.4, -0.2) is 24.5 Å². The predicted molar refractivity (Wildman–Crippen MR) is 120 cm³/mol. The Labute approximate surface area is 169 Å². The quantitative estimate of drug-likeness (QED) is 0.383. The third-order valence-corrected chi connectivity index (χ3v) is 5.17.